The molecule has 3 N–H and O–H groups in total. The molecule has 1 aliphatic carbocycles. The summed E-state index contributed by atoms with van der Waals surface area (Å²) in [5.41, 5.74) is 3.76. The van der Waals surface area contributed by atoms with Crippen molar-refractivity contribution in [1.29, 1.82) is 0 Å². The van der Waals surface area contributed by atoms with Gasteiger partial charge in [0.1, 0.15) is 29.2 Å². The summed E-state index contributed by atoms with van der Waals surface area (Å²) in [5, 5.41) is 14.1. The van der Waals surface area contributed by atoms with E-state index in [0.29, 0.717) is 17.5 Å². The maximum atomic E-state index is 10.3. The van der Waals surface area contributed by atoms with Gasteiger partial charge in [0.15, 0.2) is 0 Å². The Hall–Kier alpha value is -3.07. The Kier molecular flexibility index (Phi) is 5.31. The normalized spacial score (nSPS) is 21.3. The molecule has 1 aromatic carbocycles. The van der Waals surface area contributed by atoms with Gasteiger partial charge in [-0.15, -0.1) is 0 Å². The summed E-state index contributed by atoms with van der Waals surface area (Å²) < 4.78 is 6.31. The molecule has 1 fully saturated rings. The molecule has 4 aromatic rings. The third kappa shape index (κ3) is 4.69. The van der Waals surface area contributed by atoms with E-state index in [9.17, 15) is 5.11 Å². The summed E-state index contributed by atoms with van der Waals surface area (Å²) in [5.74, 6) is 1.07. The number of hydrogen-bond acceptors (Lipinski definition) is 7. The fourth-order valence-electron chi connectivity index (χ4n) is 4.35. The Labute approximate surface area is 195 Å². The van der Waals surface area contributed by atoms with Crippen molar-refractivity contribution in [3.63, 3.8) is 0 Å². The zero-order valence-electron chi connectivity index (χ0n) is 19.5. The van der Waals surface area contributed by atoms with Crippen LogP contribution in [0.5, 0.6) is 5.88 Å². The molecule has 1 aliphatic rings. The number of H-pyrrole nitrogens is 1. The summed E-state index contributed by atoms with van der Waals surface area (Å²) in [6.07, 6.45) is 8.59. The third-order valence-corrected chi connectivity index (χ3v) is 6.08. The van der Waals surface area contributed by atoms with Gasteiger partial charge in [0.2, 0.25) is 11.8 Å². The highest BCUT2D eigenvalue weighted by Crippen LogP contribution is 2.36. The molecule has 0 radical (unpaired) electrons. The van der Waals surface area contributed by atoms with Crippen LogP contribution in [0.15, 0.2) is 36.8 Å². The van der Waals surface area contributed by atoms with Crippen molar-refractivity contribution in [3.05, 3.63) is 36.8 Å². The standard InChI is InChI=1S/C22H27B3N6O2/c1-21(32)6-4-13(5-7-21)29-20-30-18-17(19(31-20)33-22(23,24)25)14(11-28-18)12-2-3-15-16(10-12)27-9-8-26-15/h2-3,8-11,13,32H,4-7,23-25H2,1H3,(H2,28,29,30,31)/t13-,21-. The van der Waals surface area contributed by atoms with E-state index in [-0.39, 0.29) is 6.04 Å². The number of rotatable bonds is 5. The lowest BCUT2D eigenvalue weighted by Crippen LogP contribution is -2.38. The number of aromatic nitrogens is 5. The van der Waals surface area contributed by atoms with E-state index in [2.05, 4.69) is 20.3 Å². The molecule has 1 saturated carbocycles. The van der Waals surface area contributed by atoms with Crippen LogP contribution in [0.25, 0.3) is 33.2 Å². The molecule has 0 bridgehead atoms. The molecule has 0 amide bonds. The van der Waals surface area contributed by atoms with Crippen LogP contribution < -0.4 is 10.1 Å². The first-order chi connectivity index (χ1) is 15.7. The molecule has 0 spiro atoms. The summed E-state index contributed by atoms with van der Waals surface area (Å²) in [7, 11) is 6.03. The minimum atomic E-state index is -0.581. The van der Waals surface area contributed by atoms with Crippen molar-refractivity contribution in [2.45, 2.75) is 49.5 Å². The monoisotopic (exact) mass is 440 g/mol. The van der Waals surface area contributed by atoms with Gasteiger partial charge in [-0.3, -0.25) is 9.97 Å². The Morgan fingerprint density at radius 1 is 1.12 bits per heavy atom. The molecular formula is C22H27B3N6O2. The average molecular weight is 440 g/mol. The minimum absolute atomic E-state index is 0.221. The predicted octanol–water partition coefficient (Wildman–Crippen LogP) is 0.563. The first kappa shape index (κ1) is 21.8. The Morgan fingerprint density at radius 2 is 1.85 bits per heavy atom. The fourth-order valence-corrected chi connectivity index (χ4v) is 4.35. The molecule has 33 heavy (non-hydrogen) atoms. The van der Waals surface area contributed by atoms with E-state index in [1.165, 1.54) is 0 Å². The summed E-state index contributed by atoms with van der Waals surface area (Å²) in [6.45, 7) is 1.90. The second-order valence-electron chi connectivity index (χ2n) is 10.2. The highest BCUT2D eigenvalue weighted by Gasteiger charge is 2.29. The van der Waals surface area contributed by atoms with Gasteiger partial charge in [0.05, 0.1) is 22.0 Å². The smallest absolute Gasteiger partial charge is 0.228 e. The van der Waals surface area contributed by atoms with Crippen molar-refractivity contribution in [1.82, 2.24) is 24.9 Å². The van der Waals surface area contributed by atoms with Crippen LogP contribution in [-0.4, -0.2) is 70.5 Å². The lowest BCUT2D eigenvalue weighted by Gasteiger charge is -2.33. The topological polar surface area (TPSA) is 109 Å². The molecule has 8 nitrogen and oxygen atoms in total. The van der Waals surface area contributed by atoms with Gasteiger partial charge in [-0.2, -0.15) is 9.97 Å². The van der Waals surface area contributed by atoms with Gasteiger partial charge >= 0.3 is 0 Å². The zero-order chi connectivity index (χ0) is 23.2. The number of nitrogens with one attached hydrogen (secondary N) is 2. The molecule has 3 aromatic heterocycles. The Bertz CT molecular complexity index is 1310. The number of benzene rings is 1. The second-order valence-corrected chi connectivity index (χ2v) is 10.2. The van der Waals surface area contributed by atoms with Crippen LogP contribution in [-0.2, 0) is 0 Å². The maximum absolute atomic E-state index is 10.3. The van der Waals surface area contributed by atoms with Crippen molar-refractivity contribution in [2.75, 3.05) is 5.32 Å². The van der Waals surface area contributed by atoms with Gasteiger partial charge in [0, 0.05) is 35.5 Å². The van der Waals surface area contributed by atoms with Crippen molar-refractivity contribution >= 4 is 51.6 Å². The van der Waals surface area contributed by atoms with Gasteiger partial charge in [-0.05, 0) is 50.3 Å². The lowest BCUT2D eigenvalue weighted by molar-refractivity contribution is 0.0195. The number of ether oxygens (including phenoxy) is 1. The van der Waals surface area contributed by atoms with Crippen molar-refractivity contribution in [3.8, 4) is 17.0 Å². The van der Waals surface area contributed by atoms with E-state index >= 15 is 0 Å². The van der Waals surface area contributed by atoms with Crippen LogP contribution in [0.2, 0.25) is 0 Å². The first-order valence-corrected chi connectivity index (χ1v) is 11.5. The first-order valence-electron chi connectivity index (χ1n) is 11.5. The third-order valence-electron chi connectivity index (χ3n) is 6.08. The number of nitrogens with zero attached hydrogens (tertiary/aromatic N) is 4. The molecule has 11 heteroatoms. The van der Waals surface area contributed by atoms with Gasteiger partial charge in [0.25, 0.3) is 0 Å². The maximum Gasteiger partial charge on any atom is 0.228 e. The summed E-state index contributed by atoms with van der Waals surface area (Å²) in [6, 6.07) is 6.24. The van der Waals surface area contributed by atoms with Gasteiger partial charge in [-0.25, -0.2) is 0 Å². The second kappa shape index (κ2) is 8.06. The van der Waals surface area contributed by atoms with Crippen LogP contribution >= 0.6 is 0 Å². The largest absolute Gasteiger partial charge is 0.498 e. The minimum Gasteiger partial charge on any atom is -0.498 e. The van der Waals surface area contributed by atoms with E-state index in [4.69, 9.17) is 14.7 Å². The van der Waals surface area contributed by atoms with E-state index in [0.717, 1.165) is 53.2 Å². The molecule has 0 saturated heterocycles. The van der Waals surface area contributed by atoms with Gasteiger partial charge < -0.3 is 20.1 Å². The number of anilines is 1. The number of aliphatic hydroxyl groups is 1. The quantitative estimate of drug-likeness (QED) is 0.390. The van der Waals surface area contributed by atoms with E-state index in [1.54, 1.807) is 12.4 Å². The van der Waals surface area contributed by atoms with Crippen LogP contribution in [0.4, 0.5) is 5.95 Å². The van der Waals surface area contributed by atoms with Crippen molar-refractivity contribution < 1.29 is 9.84 Å². The molecule has 166 valence electrons. The van der Waals surface area contributed by atoms with E-state index < -0.39 is 10.9 Å². The Balaban J connectivity index is 1.55. The van der Waals surface area contributed by atoms with Crippen molar-refractivity contribution in [2.24, 2.45) is 0 Å². The number of aromatic amines is 1. The van der Waals surface area contributed by atoms with Crippen LogP contribution in [0.3, 0.4) is 0 Å². The van der Waals surface area contributed by atoms with Crippen LogP contribution in [0.1, 0.15) is 32.6 Å². The fraction of sp³-hybridized carbons (Fsp3) is 0.364. The summed E-state index contributed by atoms with van der Waals surface area (Å²) in [4.78, 5) is 21.6. The highest BCUT2D eigenvalue weighted by molar-refractivity contribution is 6.58. The highest BCUT2D eigenvalue weighted by atomic mass is 16.5. The molecule has 0 unspecified atom stereocenters. The van der Waals surface area contributed by atoms with Crippen LogP contribution in [0, 0.1) is 0 Å². The average Bonchev–Trinajstić information content (AvgIpc) is 3.18. The lowest BCUT2D eigenvalue weighted by atomic mass is 9.52. The molecule has 0 aliphatic heterocycles. The van der Waals surface area contributed by atoms with E-state index in [1.807, 2.05) is 54.9 Å². The molecule has 3 heterocycles. The number of hydrogen-bond donors (Lipinski definition) is 3. The molecular weight excluding hydrogens is 413 g/mol. The van der Waals surface area contributed by atoms with Gasteiger partial charge in [-0.1, -0.05) is 6.07 Å². The Morgan fingerprint density at radius 3 is 2.58 bits per heavy atom. The SMILES string of the molecule is BC(B)(B)Oc1nc(N[C@H]2CC[C@](C)(O)CC2)nc2[nH]cc(-c3ccc4nccnc4c3)c12. The molecule has 5 rings (SSSR count). The number of fused-ring (bicyclic) bond motifs is 2. The predicted molar refractivity (Wildman–Crippen MR) is 138 cm³/mol. The molecule has 0 atom stereocenters. The zero-order valence-corrected chi connectivity index (χ0v) is 19.5. The summed E-state index contributed by atoms with van der Waals surface area (Å²) >= 11 is 0.